The van der Waals surface area contributed by atoms with Crippen molar-refractivity contribution >= 4 is 23.2 Å². The number of amides is 1. The quantitative estimate of drug-likeness (QED) is 0.428. The van der Waals surface area contributed by atoms with E-state index >= 15 is 0 Å². The second kappa shape index (κ2) is 10.5. The predicted molar refractivity (Wildman–Crippen MR) is 143 cm³/mol. The van der Waals surface area contributed by atoms with Crippen LogP contribution in [0.25, 0.3) is 0 Å². The third kappa shape index (κ3) is 5.45. The van der Waals surface area contributed by atoms with Crippen molar-refractivity contribution in [2.75, 3.05) is 36.8 Å². The van der Waals surface area contributed by atoms with E-state index < -0.39 is 0 Å². The molecule has 190 valence electrons. The summed E-state index contributed by atoms with van der Waals surface area (Å²) >= 11 is 0. The van der Waals surface area contributed by atoms with E-state index in [-0.39, 0.29) is 29.2 Å². The monoisotopic (exact) mass is 478 g/mol. The van der Waals surface area contributed by atoms with E-state index in [2.05, 4.69) is 77.6 Å². The van der Waals surface area contributed by atoms with Gasteiger partial charge in [0.15, 0.2) is 0 Å². The average molecular weight is 479 g/mol. The lowest BCUT2D eigenvalue weighted by atomic mass is 9.69. The fourth-order valence-corrected chi connectivity index (χ4v) is 6.09. The van der Waals surface area contributed by atoms with Gasteiger partial charge in [-0.25, -0.2) is 9.97 Å². The standard InChI is InChI=1S/C28H42N6O/c1-6-34(7-2)17-16-29-21-8-10-22(11-9-21)31-26-30-15-13-23(32-26)19-25(35)33-24-18-20-12-14-28(24,5)27(20,3)4/h8-11,13,15,20,24,29H,6-7,12,14,16-19H2,1-5H3,(H,33,35)(H,30,31,32). The number of carbonyl (C=O) groups excluding carboxylic acids is 1. The summed E-state index contributed by atoms with van der Waals surface area (Å²) in [6.07, 6.45) is 5.55. The third-order valence-electron chi connectivity index (χ3n) is 8.98. The summed E-state index contributed by atoms with van der Waals surface area (Å²) in [5.74, 6) is 1.26. The SMILES string of the molecule is CCN(CC)CCNc1ccc(Nc2nccc(CC(=O)NC3CC4CCC3(C)C4(C)C)n2)cc1. The molecule has 1 aromatic carbocycles. The number of anilines is 3. The first-order valence-electron chi connectivity index (χ1n) is 13.2. The number of fused-ring (bicyclic) bond motifs is 2. The lowest BCUT2D eigenvalue weighted by Crippen LogP contribution is -2.47. The molecule has 7 nitrogen and oxygen atoms in total. The van der Waals surface area contributed by atoms with Gasteiger partial charge in [0.1, 0.15) is 0 Å². The van der Waals surface area contributed by atoms with E-state index in [9.17, 15) is 4.79 Å². The molecule has 0 aliphatic heterocycles. The van der Waals surface area contributed by atoms with Gasteiger partial charge in [0.25, 0.3) is 0 Å². The summed E-state index contributed by atoms with van der Waals surface area (Å²) in [4.78, 5) is 24.2. The number of hydrogen-bond donors (Lipinski definition) is 3. The molecule has 7 heteroatoms. The zero-order valence-electron chi connectivity index (χ0n) is 22.0. The first-order valence-corrected chi connectivity index (χ1v) is 13.2. The highest BCUT2D eigenvalue weighted by molar-refractivity contribution is 5.78. The molecule has 3 unspecified atom stereocenters. The lowest BCUT2D eigenvalue weighted by molar-refractivity contribution is -0.122. The van der Waals surface area contributed by atoms with Crippen LogP contribution in [-0.4, -0.2) is 53.0 Å². The van der Waals surface area contributed by atoms with E-state index in [0.717, 1.165) is 49.7 Å². The molecule has 35 heavy (non-hydrogen) atoms. The molecular formula is C28H42N6O. The van der Waals surface area contributed by atoms with Crippen LogP contribution in [0, 0.1) is 16.7 Å². The van der Waals surface area contributed by atoms with Crippen LogP contribution >= 0.6 is 0 Å². The zero-order chi connectivity index (χ0) is 25.1. The van der Waals surface area contributed by atoms with E-state index in [1.807, 2.05) is 18.2 Å². The second-order valence-corrected chi connectivity index (χ2v) is 10.9. The van der Waals surface area contributed by atoms with Crippen LogP contribution in [0.4, 0.5) is 17.3 Å². The van der Waals surface area contributed by atoms with Crippen LogP contribution < -0.4 is 16.0 Å². The molecule has 0 spiro atoms. The van der Waals surface area contributed by atoms with Crippen LogP contribution in [-0.2, 0) is 11.2 Å². The molecule has 2 aliphatic carbocycles. The topological polar surface area (TPSA) is 82.2 Å². The average Bonchev–Trinajstić information content (AvgIpc) is 3.17. The van der Waals surface area contributed by atoms with Crippen LogP contribution in [0.5, 0.6) is 0 Å². The highest BCUT2D eigenvalue weighted by Crippen LogP contribution is 2.65. The van der Waals surface area contributed by atoms with Gasteiger partial charge in [-0.05, 0) is 79.4 Å². The highest BCUT2D eigenvalue weighted by atomic mass is 16.1. The summed E-state index contributed by atoms with van der Waals surface area (Å²) in [6.45, 7) is 15.5. The van der Waals surface area contributed by atoms with Crippen LogP contribution in [0.1, 0.15) is 59.6 Å². The third-order valence-corrected chi connectivity index (χ3v) is 8.98. The summed E-state index contributed by atoms with van der Waals surface area (Å²) < 4.78 is 0. The summed E-state index contributed by atoms with van der Waals surface area (Å²) in [7, 11) is 0. The van der Waals surface area contributed by atoms with Crippen molar-refractivity contribution in [3.8, 4) is 0 Å². The van der Waals surface area contributed by atoms with Crippen LogP contribution in [0.15, 0.2) is 36.5 Å². The van der Waals surface area contributed by atoms with Gasteiger partial charge in [0.05, 0.1) is 12.1 Å². The maximum atomic E-state index is 12.9. The Kier molecular flexibility index (Phi) is 7.64. The van der Waals surface area contributed by atoms with E-state index in [4.69, 9.17) is 0 Å². The van der Waals surface area contributed by atoms with Gasteiger partial charge in [-0.15, -0.1) is 0 Å². The van der Waals surface area contributed by atoms with Gasteiger partial charge in [0.2, 0.25) is 11.9 Å². The number of nitrogens with zero attached hydrogens (tertiary/aromatic N) is 3. The molecule has 2 saturated carbocycles. The summed E-state index contributed by atoms with van der Waals surface area (Å²) in [5.41, 5.74) is 3.19. The normalized spacial score (nSPS) is 24.5. The molecular weight excluding hydrogens is 436 g/mol. The Morgan fingerprint density at radius 2 is 1.80 bits per heavy atom. The van der Waals surface area contributed by atoms with Gasteiger partial charge in [-0.2, -0.15) is 0 Å². The van der Waals surface area contributed by atoms with Gasteiger partial charge in [0, 0.05) is 36.7 Å². The van der Waals surface area contributed by atoms with Gasteiger partial charge >= 0.3 is 0 Å². The maximum absolute atomic E-state index is 12.9. The molecule has 4 rings (SSSR count). The number of benzene rings is 1. The van der Waals surface area contributed by atoms with Crippen molar-refractivity contribution in [2.45, 2.75) is 66.3 Å². The van der Waals surface area contributed by atoms with Gasteiger partial charge in [-0.1, -0.05) is 34.6 Å². The molecule has 2 aromatic rings. The highest BCUT2D eigenvalue weighted by Gasteiger charge is 2.61. The van der Waals surface area contributed by atoms with Crippen molar-refractivity contribution in [3.05, 3.63) is 42.2 Å². The maximum Gasteiger partial charge on any atom is 0.227 e. The van der Waals surface area contributed by atoms with E-state index in [1.54, 1.807) is 6.20 Å². The lowest BCUT2D eigenvalue weighted by Gasteiger charge is -2.39. The number of carbonyl (C=O) groups is 1. The number of hydrogen-bond acceptors (Lipinski definition) is 6. The van der Waals surface area contributed by atoms with E-state index in [1.165, 1.54) is 12.8 Å². The Morgan fingerprint density at radius 1 is 1.09 bits per heavy atom. The first-order chi connectivity index (χ1) is 16.7. The summed E-state index contributed by atoms with van der Waals surface area (Å²) in [6, 6.07) is 10.2. The smallest absolute Gasteiger partial charge is 0.227 e. The van der Waals surface area contributed by atoms with Crippen molar-refractivity contribution in [1.29, 1.82) is 0 Å². The number of aromatic nitrogens is 2. The van der Waals surface area contributed by atoms with Crippen molar-refractivity contribution < 1.29 is 4.79 Å². The minimum atomic E-state index is 0.0457. The second-order valence-electron chi connectivity index (χ2n) is 10.9. The Hall–Kier alpha value is -2.67. The minimum absolute atomic E-state index is 0.0457. The summed E-state index contributed by atoms with van der Waals surface area (Å²) in [5, 5.41) is 10.1. The van der Waals surface area contributed by atoms with E-state index in [0.29, 0.717) is 11.9 Å². The minimum Gasteiger partial charge on any atom is -0.384 e. The Balaban J connectivity index is 1.29. The van der Waals surface area contributed by atoms with Crippen molar-refractivity contribution in [1.82, 2.24) is 20.2 Å². The van der Waals surface area contributed by atoms with Crippen molar-refractivity contribution in [2.24, 2.45) is 16.7 Å². The molecule has 2 fully saturated rings. The molecule has 0 saturated heterocycles. The predicted octanol–water partition coefficient (Wildman–Crippen LogP) is 4.85. The fourth-order valence-electron chi connectivity index (χ4n) is 6.09. The molecule has 2 bridgehead atoms. The molecule has 2 aliphatic rings. The zero-order valence-corrected chi connectivity index (χ0v) is 22.0. The number of rotatable bonds is 11. The molecule has 1 aromatic heterocycles. The first kappa shape index (κ1) is 25.4. The molecule has 1 heterocycles. The Bertz CT molecular complexity index is 1000. The van der Waals surface area contributed by atoms with Crippen LogP contribution in [0.2, 0.25) is 0 Å². The number of nitrogens with one attached hydrogen (secondary N) is 3. The molecule has 1 amide bonds. The van der Waals surface area contributed by atoms with Crippen molar-refractivity contribution in [3.63, 3.8) is 0 Å². The fraction of sp³-hybridized carbons (Fsp3) is 0.607. The molecule has 3 N–H and O–H groups in total. The Labute approximate surface area is 210 Å². The van der Waals surface area contributed by atoms with Gasteiger partial charge in [-0.3, -0.25) is 4.79 Å². The molecule has 3 atom stereocenters. The number of likely N-dealkylation sites (N-methyl/N-ethyl adjacent to an activating group) is 1. The Morgan fingerprint density at radius 3 is 2.43 bits per heavy atom. The molecule has 0 radical (unpaired) electrons. The van der Waals surface area contributed by atoms with Crippen LogP contribution in [0.3, 0.4) is 0 Å². The largest absolute Gasteiger partial charge is 0.384 e. The van der Waals surface area contributed by atoms with Gasteiger partial charge < -0.3 is 20.9 Å².